The van der Waals surface area contributed by atoms with Crippen molar-refractivity contribution in [2.45, 2.75) is 52.2 Å². The number of hydrogen-bond donors (Lipinski definition) is 1. The fourth-order valence-corrected chi connectivity index (χ4v) is 3.42. The molecule has 118 valence electrons. The monoisotopic (exact) mass is 291 g/mol. The average Bonchev–Trinajstić information content (AvgIpc) is 2.98. The van der Waals surface area contributed by atoms with Gasteiger partial charge in [0, 0.05) is 12.6 Å². The second kappa shape index (κ2) is 6.80. The Labute approximate surface area is 128 Å². The van der Waals surface area contributed by atoms with E-state index >= 15 is 0 Å². The normalized spacial score (nSPS) is 21.2. The van der Waals surface area contributed by atoms with Crippen LogP contribution in [0.3, 0.4) is 0 Å². The van der Waals surface area contributed by atoms with Crippen LogP contribution in [0, 0.1) is 5.41 Å². The van der Waals surface area contributed by atoms with Crippen molar-refractivity contribution in [1.29, 1.82) is 0 Å². The fourth-order valence-electron chi connectivity index (χ4n) is 3.42. The van der Waals surface area contributed by atoms with E-state index in [0.29, 0.717) is 5.41 Å². The second-order valence-corrected chi connectivity index (χ2v) is 6.39. The summed E-state index contributed by atoms with van der Waals surface area (Å²) < 4.78 is 5.17. The molecule has 0 bridgehead atoms. The number of aliphatic hydroxyl groups excluding tert-OH is 1. The Hall–Kier alpha value is -1.06. The third-order valence-electron chi connectivity index (χ3n) is 5.46. The van der Waals surface area contributed by atoms with Crippen LogP contribution in [0.15, 0.2) is 24.3 Å². The lowest BCUT2D eigenvalue weighted by Gasteiger charge is -2.32. The number of likely N-dealkylation sites (tertiary alicyclic amines) is 1. The van der Waals surface area contributed by atoms with Crippen molar-refractivity contribution < 1.29 is 9.84 Å². The summed E-state index contributed by atoms with van der Waals surface area (Å²) in [5, 5.41) is 10.6. The molecule has 3 heteroatoms. The van der Waals surface area contributed by atoms with Crippen molar-refractivity contribution in [3.63, 3.8) is 0 Å². The Morgan fingerprint density at radius 1 is 1.24 bits per heavy atom. The summed E-state index contributed by atoms with van der Waals surface area (Å²) in [5.41, 5.74) is 1.42. The molecule has 1 aromatic carbocycles. The quantitative estimate of drug-likeness (QED) is 0.868. The zero-order chi connectivity index (χ0) is 15.5. The van der Waals surface area contributed by atoms with Crippen LogP contribution in [0.5, 0.6) is 5.75 Å². The highest BCUT2D eigenvalue weighted by Gasteiger charge is 2.38. The van der Waals surface area contributed by atoms with E-state index in [1.54, 1.807) is 7.11 Å². The van der Waals surface area contributed by atoms with Crippen LogP contribution < -0.4 is 4.74 Å². The molecule has 0 spiro atoms. The van der Waals surface area contributed by atoms with E-state index < -0.39 is 6.10 Å². The van der Waals surface area contributed by atoms with Crippen LogP contribution in [0.2, 0.25) is 0 Å². The molecule has 21 heavy (non-hydrogen) atoms. The first kappa shape index (κ1) is 16.3. The molecule has 0 saturated carbocycles. The number of aliphatic hydroxyl groups is 1. The van der Waals surface area contributed by atoms with Crippen LogP contribution in [0.25, 0.3) is 0 Å². The minimum atomic E-state index is -0.444. The summed E-state index contributed by atoms with van der Waals surface area (Å²) in [6.45, 7) is 8.91. The van der Waals surface area contributed by atoms with Gasteiger partial charge in [0.2, 0.25) is 0 Å². The fraction of sp³-hybridized carbons (Fsp3) is 0.667. The van der Waals surface area contributed by atoms with Gasteiger partial charge >= 0.3 is 0 Å². The first-order valence-corrected chi connectivity index (χ1v) is 8.11. The van der Waals surface area contributed by atoms with E-state index in [-0.39, 0.29) is 6.04 Å². The Morgan fingerprint density at radius 3 is 2.33 bits per heavy atom. The van der Waals surface area contributed by atoms with Gasteiger partial charge in [-0.1, -0.05) is 26.0 Å². The van der Waals surface area contributed by atoms with Crippen LogP contribution in [-0.4, -0.2) is 36.2 Å². The average molecular weight is 291 g/mol. The van der Waals surface area contributed by atoms with E-state index in [4.69, 9.17) is 4.74 Å². The lowest BCUT2D eigenvalue weighted by atomic mass is 9.82. The predicted molar refractivity (Wildman–Crippen MR) is 86.6 cm³/mol. The molecule has 0 amide bonds. The van der Waals surface area contributed by atoms with E-state index in [9.17, 15) is 5.11 Å². The summed E-state index contributed by atoms with van der Waals surface area (Å²) in [6, 6.07) is 7.90. The second-order valence-electron chi connectivity index (χ2n) is 6.39. The highest BCUT2D eigenvalue weighted by molar-refractivity contribution is 5.29. The Kier molecular flexibility index (Phi) is 5.28. The standard InChI is InChI=1S/C18H29NO2/c1-5-18(6-2)11-12-19(13-18)14(3)17(20)15-7-9-16(21-4)10-8-15/h7-10,14,17,20H,5-6,11-13H2,1-4H3. The molecule has 0 aliphatic carbocycles. The molecular formula is C18H29NO2. The van der Waals surface area contributed by atoms with Crippen molar-refractivity contribution in [3.05, 3.63) is 29.8 Å². The third kappa shape index (κ3) is 3.41. The van der Waals surface area contributed by atoms with Gasteiger partial charge in [0.05, 0.1) is 13.2 Å². The van der Waals surface area contributed by atoms with Gasteiger partial charge in [-0.2, -0.15) is 0 Å². The highest BCUT2D eigenvalue weighted by Crippen LogP contribution is 2.39. The zero-order valence-electron chi connectivity index (χ0n) is 13.8. The first-order chi connectivity index (χ1) is 10.0. The Morgan fingerprint density at radius 2 is 1.86 bits per heavy atom. The molecule has 1 aliphatic rings. The molecule has 1 fully saturated rings. The van der Waals surface area contributed by atoms with Crippen molar-refractivity contribution in [2.24, 2.45) is 5.41 Å². The minimum absolute atomic E-state index is 0.151. The number of nitrogens with zero attached hydrogens (tertiary/aromatic N) is 1. The minimum Gasteiger partial charge on any atom is -0.497 e. The van der Waals surface area contributed by atoms with Crippen molar-refractivity contribution >= 4 is 0 Å². The lowest BCUT2D eigenvalue weighted by molar-refractivity contribution is 0.0633. The maximum absolute atomic E-state index is 10.6. The molecule has 1 aromatic rings. The Bertz CT molecular complexity index is 439. The van der Waals surface area contributed by atoms with Gasteiger partial charge in [0.15, 0.2) is 0 Å². The molecule has 1 saturated heterocycles. The molecule has 2 rings (SSSR count). The van der Waals surface area contributed by atoms with E-state index in [1.807, 2.05) is 24.3 Å². The molecular weight excluding hydrogens is 262 g/mol. The summed E-state index contributed by atoms with van der Waals surface area (Å²) in [7, 11) is 1.66. The topological polar surface area (TPSA) is 32.7 Å². The first-order valence-electron chi connectivity index (χ1n) is 8.11. The van der Waals surface area contributed by atoms with Gasteiger partial charge in [-0.15, -0.1) is 0 Å². The molecule has 2 atom stereocenters. The summed E-state index contributed by atoms with van der Waals surface area (Å²) >= 11 is 0. The summed E-state index contributed by atoms with van der Waals surface area (Å²) in [6.07, 6.45) is 3.26. The van der Waals surface area contributed by atoms with Crippen LogP contribution in [-0.2, 0) is 0 Å². The van der Waals surface area contributed by atoms with Gasteiger partial charge in [-0.3, -0.25) is 4.90 Å². The highest BCUT2D eigenvalue weighted by atomic mass is 16.5. The predicted octanol–water partition coefficient (Wildman–Crippen LogP) is 3.63. The lowest BCUT2D eigenvalue weighted by Crippen LogP contribution is -2.37. The maximum Gasteiger partial charge on any atom is 0.118 e. The van der Waals surface area contributed by atoms with Crippen molar-refractivity contribution in [1.82, 2.24) is 4.90 Å². The largest absolute Gasteiger partial charge is 0.497 e. The molecule has 2 unspecified atom stereocenters. The SMILES string of the molecule is CCC1(CC)CCN(C(C)C(O)c2ccc(OC)cc2)C1. The summed E-state index contributed by atoms with van der Waals surface area (Å²) in [4.78, 5) is 2.45. The molecule has 1 aliphatic heterocycles. The zero-order valence-corrected chi connectivity index (χ0v) is 13.8. The molecule has 1 N–H and O–H groups in total. The van der Waals surface area contributed by atoms with E-state index in [1.165, 1.54) is 19.3 Å². The summed E-state index contributed by atoms with van der Waals surface area (Å²) in [5.74, 6) is 0.829. The number of methoxy groups -OCH3 is 1. The molecule has 1 heterocycles. The van der Waals surface area contributed by atoms with Crippen LogP contribution in [0.4, 0.5) is 0 Å². The number of rotatable bonds is 6. The van der Waals surface area contributed by atoms with Gasteiger partial charge in [-0.25, -0.2) is 0 Å². The number of hydrogen-bond acceptors (Lipinski definition) is 3. The van der Waals surface area contributed by atoms with Crippen molar-refractivity contribution in [2.75, 3.05) is 20.2 Å². The molecule has 0 radical (unpaired) electrons. The smallest absolute Gasteiger partial charge is 0.118 e. The van der Waals surface area contributed by atoms with Gasteiger partial charge in [-0.05, 0) is 55.8 Å². The Balaban J connectivity index is 2.04. The van der Waals surface area contributed by atoms with Crippen LogP contribution >= 0.6 is 0 Å². The third-order valence-corrected chi connectivity index (χ3v) is 5.46. The number of benzene rings is 1. The maximum atomic E-state index is 10.6. The number of ether oxygens (including phenoxy) is 1. The van der Waals surface area contributed by atoms with E-state index in [2.05, 4.69) is 25.7 Å². The van der Waals surface area contributed by atoms with Crippen molar-refractivity contribution in [3.8, 4) is 5.75 Å². The van der Waals surface area contributed by atoms with Gasteiger partial charge in [0.1, 0.15) is 5.75 Å². The van der Waals surface area contributed by atoms with Crippen LogP contribution in [0.1, 0.15) is 51.7 Å². The molecule has 3 nitrogen and oxygen atoms in total. The van der Waals surface area contributed by atoms with Gasteiger partial charge in [0.25, 0.3) is 0 Å². The van der Waals surface area contributed by atoms with E-state index in [0.717, 1.165) is 24.4 Å². The van der Waals surface area contributed by atoms with Gasteiger partial charge < -0.3 is 9.84 Å². The molecule has 0 aromatic heterocycles.